The maximum Gasteiger partial charge on any atom is 0.439 e. The average molecular weight is 421 g/mol. The predicted octanol–water partition coefficient (Wildman–Crippen LogP) is 4.60. The van der Waals surface area contributed by atoms with Crippen molar-refractivity contribution in [1.29, 1.82) is 0 Å². The van der Waals surface area contributed by atoms with E-state index in [-0.39, 0.29) is 22.9 Å². The zero-order valence-electron chi connectivity index (χ0n) is 14.5. The number of benzene rings is 1. The molecule has 1 N–H and O–H groups in total. The molecule has 1 aliphatic carbocycles. The molecule has 27 heavy (non-hydrogen) atoms. The van der Waals surface area contributed by atoms with Crippen molar-refractivity contribution in [1.82, 2.24) is 5.01 Å². The number of hydrogen-bond donors (Lipinski definition) is 1. The minimum atomic E-state index is -4.98. The average Bonchev–Trinajstić information content (AvgIpc) is 2.76. The third kappa shape index (κ3) is 3.98. The van der Waals surface area contributed by atoms with Crippen LogP contribution in [-0.4, -0.2) is 39.4 Å². The van der Waals surface area contributed by atoms with Crippen molar-refractivity contribution in [3.8, 4) is 0 Å². The molecule has 9 heteroatoms. The highest BCUT2D eigenvalue weighted by atomic mass is 35.5. The molecule has 0 spiro atoms. The fourth-order valence-corrected chi connectivity index (χ4v) is 4.72. The topological polar surface area (TPSA) is 52.9 Å². The van der Waals surface area contributed by atoms with Gasteiger partial charge >= 0.3 is 6.18 Å². The number of alkyl halides is 3. The molecule has 0 unspecified atom stereocenters. The summed E-state index contributed by atoms with van der Waals surface area (Å²) >= 11 is 7.19. The third-order valence-electron chi connectivity index (χ3n) is 4.96. The Morgan fingerprint density at radius 1 is 1.33 bits per heavy atom. The van der Waals surface area contributed by atoms with Gasteiger partial charge in [-0.1, -0.05) is 42.6 Å². The molecule has 0 bridgehead atoms. The van der Waals surface area contributed by atoms with Crippen LogP contribution >= 0.6 is 23.4 Å². The zero-order chi connectivity index (χ0) is 19.7. The lowest BCUT2D eigenvalue weighted by molar-refractivity contribution is -0.316. The molecule has 148 valence electrons. The monoisotopic (exact) mass is 420 g/mol. The van der Waals surface area contributed by atoms with Gasteiger partial charge in [-0.25, -0.2) is 0 Å². The van der Waals surface area contributed by atoms with Gasteiger partial charge in [0.1, 0.15) is 0 Å². The molecule has 1 heterocycles. The second kappa shape index (κ2) is 8.01. The Labute approximate surface area is 164 Å². The molecule has 3 rings (SSSR count). The van der Waals surface area contributed by atoms with Crippen molar-refractivity contribution >= 4 is 35.0 Å². The van der Waals surface area contributed by atoms with Gasteiger partial charge in [0, 0.05) is 16.5 Å². The van der Waals surface area contributed by atoms with Crippen LogP contribution in [0.3, 0.4) is 0 Å². The number of nitrogens with zero attached hydrogens (tertiary/aromatic N) is 2. The summed E-state index contributed by atoms with van der Waals surface area (Å²) in [5.41, 5.74) is -2.19. The molecular formula is C18H20ClF3N2O2S. The molecule has 1 saturated carbocycles. The fraction of sp³-hybridized carbons (Fsp3) is 0.556. The van der Waals surface area contributed by atoms with Crippen LogP contribution in [0.1, 0.15) is 37.7 Å². The summed E-state index contributed by atoms with van der Waals surface area (Å²) in [7, 11) is 0. The van der Waals surface area contributed by atoms with Crippen LogP contribution in [-0.2, 0) is 10.5 Å². The summed E-state index contributed by atoms with van der Waals surface area (Å²) in [6.07, 6.45) is -2.34. The highest BCUT2D eigenvalue weighted by molar-refractivity contribution is 7.99. The van der Waals surface area contributed by atoms with Gasteiger partial charge in [-0.15, -0.1) is 11.8 Å². The first kappa shape index (κ1) is 20.5. The van der Waals surface area contributed by atoms with Crippen LogP contribution in [0.5, 0.6) is 0 Å². The van der Waals surface area contributed by atoms with E-state index in [2.05, 4.69) is 5.10 Å². The quantitative estimate of drug-likeness (QED) is 0.774. The van der Waals surface area contributed by atoms with E-state index in [1.807, 2.05) is 0 Å². The molecular weight excluding hydrogens is 401 g/mol. The van der Waals surface area contributed by atoms with Gasteiger partial charge in [-0.3, -0.25) is 4.79 Å². The molecule has 2 atom stereocenters. The van der Waals surface area contributed by atoms with Gasteiger partial charge in [-0.2, -0.15) is 23.3 Å². The van der Waals surface area contributed by atoms with Crippen molar-refractivity contribution < 1.29 is 23.1 Å². The van der Waals surface area contributed by atoms with Gasteiger partial charge in [0.05, 0.1) is 11.7 Å². The first-order valence-corrected chi connectivity index (χ1v) is 10.3. The number of hydrazone groups is 1. The molecule has 4 nitrogen and oxygen atoms in total. The molecule has 1 amide bonds. The Hall–Kier alpha value is -1.25. The van der Waals surface area contributed by atoms with E-state index in [1.54, 1.807) is 24.3 Å². The normalized spacial score (nSPS) is 25.7. The maximum atomic E-state index is 13.8. The van der Waals surface area contributed by atoms with Gasteiger partial charge in [0.25, 0.3) is 11.6 Å². The van der Waals surface area contributed by atoms with Crippen molar-refractivity contribution in [3.05, 3.63) is 34.9 Å². The van der Waals surface area contributed by atoms with E-state index < -0.39 is 23.7 Å². The summed E-state index contributed by atoms with van der Waals surface area (Å²) in [5, 5.41) is 15.3. The predicted molar refractivity (Wildman–Crippen MR) is 99.5 cm³/mol. The van der Waals surface area contributed by atoms with Crippen molar-refractivity contribution in [2.75, 3.05) is 5.75 Å². The highest BCUT2D eigenvalue weighted by Crippen LogP contribution is 2.47. The summed E-state index contributed by atoms with van der Waals surface area (Å²) < 4.78 is 41.3. The Kier molecular flexibility index (Phi) is 6.08. The van der Waals surface area contributed by atoms with Gasteiger partial charge in [0.15, 0.2) is 0 Å². The largest absolute Gasteiger partial charge is 0.439 e. The van der Waals surface area contributed by atoms with Crippen molar-refractivity contribution in [2.24, 2.45) is 11.0 Å². The van der Waals surface area contributed by atoms with E-state index in [4.69, 9.17) is 11.6 Å². The van der Waals surface area contributed by atoms with E-state index >= 15 is 0 Å². The molecule has 0 saturated heterocycles. The number of fused-ring (bicyclic) bond motifs is 1. The number of halogens is 4. The summed E-state index contributed by atoms with van der Waals surface area (Å²) in [4.78, 5) is 12.5. The number of thioether (sulfide) groups is 1. The standard InChI is InChI=1S/C18H20ClF3N2O2S/c19-14-8-5-4-6-12(14)10-27-11-16(25)24-17(26,18(20,21)22)13-7-2-1-3-9-15(13)23-24/h4-6,8,13,26H,1-3,7,9-11H2/t13-,17-/m1/s1. The van der Waals surface area contributed by atoms with Crippen LogP contribution in [0.2, 0.25) is 5.02 Å². The lowest BCUT2D eigenvalue weighted by Gasteiger charge is -2.37. The molecule has 0 radical (unpaired) electrons. The van der Waals surface area contributed by atoms with Crippen LogP contribution < -0.4 is 0 Å². The Morgan fingerprint density at radius 2 is 2.07 bits per heavy atom. The van der Waals surface area contributed by atoms with E-state index in [0.717, 1.165) is 23.7 Å². The number of hydrogen-bond acceptors (Lipinski definition) is 4. The number of amides is 1. The number of rotatable bonds is 4. The van der Waals surface area contributed by atoms with Crippen LogP contribution in [0.25, 0.3) is 0 Å². The summed E-state index contributed by atoms with van der Waals surface area (Å²) in [6.45, 7) is 0. The van der Waals surface area contributed by atoms with Crippen LogP contribution in [0, 0.1) is 5.92 Å². The molecule has 1 aromatic carbocycles. The second-order valence-electron chi connectivity index (χ2n) is 6.76. The Bertz CT molecular complexity index is 744. The van der Waals surface area contributed by atoms with Gasteiger partial charge < -0.3 is 5.11 Å². The first-order valence-electron chi connectivity index (χ1n) is 8.76. The van der Waals surface area contributed by atoms with Crippen LogP contribution in [0.15, 0.2) is 29.4 Å². The second-order valence-corrected chi connectivity index (χ2v) is 8.15. The van der Waals surface area contributed by atoms with Crippen molar-refractivity contribution in [3.63, 3.8) is 0 Å². The molecule has 2 aliphatic rings. The lowest BCUT2D eigenvalue weighted by Crippen LogP contribution is -2.61. The minimum Gasteiger partial charge on any atom is -0.362 e. The number of carbonyl (C=O) groups is 1. The third-order valence-corrected chi connectivity index (χ3v) is 6.29. The van der Waals surface area contributed by atoms with E-state index in [9.17, 15) is 23.1 Å². The summed E-state index contributed by atoms with van der Waals surface area (Å²) in [6, 6.07) is 7.07. The highest BCUT2D eigenvalue weighted by Gasteiger charge is 2.68. The lowest BCUT2D eigenvalue weighted by atomic mass is 9.87. The molecule has 1 aliphatic heterocycles. The number of carbonyl (C=O) groups excluding carboxylic acids is 1. The van der Waals surface area contributed by atoms with E-state index in [0.29, 0.717) is 30.0 Å². The SMILES string of the molecule is O=C(CSCc1ccccc1Cl)N1N=C2CCCCC[C@H]2[C@@]1(O)C(F)(F)F. The Balaban J connectivity index is 1.74. The van der Waals surface area contributed by atoms with E-state index in [1.165, 1.54) is 0 Å². The van der Waals surface area contributed by atoms with Crippen molar-refractivity contribution in [2.45, 2.75) is 49.8 Å². The summed E-state index contributed by atoms with van der Waals surface area (Å²) in [5.74, 6) is -1.89. The first-order chi connectivity index (χ1) is 12.7. The van der Waals surface area contributed by atoms with Crippen LogP contribution in [0.4, 0.5) is 13.2 Å². The molecule has 1 fully saturated rings. The smallest absolute Gasteiger partial charge is 0.362 e. The fourth-order valence-electron chi connectivity index (χ4n) is 3.57. The van der Waals surface area contributed by atoms with Gasteiger partial charge in [0.2, 0.25) is 0 Å². The van der Waals surface area contributed by atoms with Gasteiger partial charge in [-0.05, 0) is 30.9 Å². The number of aliphatic hydroxyl groups is 1. The Morgan fingerprint density at radius 3 is 2.78 bits per heavy atom. The zero-order valence-corrected chi connectivity index (χ0v) is 16.1. The molecule has 0 aromatic heterocycles. The minimum absolute atomic E-state index is 0.172. The molecule has 1 aromatic rings. The maximum absolute atomic E-state index is 13.8.